The summed E-state index contributed by atoms with van der Waals surface area (Å²) in [5.74, 6) is -0.466. The average molecular weight is 318 g/mol. The first-order valence-electron chi connectivity index (χ1n) is 7.40. The Hall–Kier alpha value is -0.693. The lowest BCUT2D eigenvalue weighted by molar-refractivity contribution is -0.145. The monoisotopic (exact) mass is 318 g/mol. The second-order valence-electron chi connectivity index (χ2n) is 5.93. The van der Waals surface area contributed by atoms with Gasteiger partial charge in [-0.15, -0.1) is 0 Å². The number of carbonyl (C=O) groups excluding carboxylic acids is 1. The van der Waals surface area contributed by atoms with Crippen LogP contribution in [0.5, 0.6) is 0 Å². The Kier molecular flexibility index (Phi) is 8.39. The molecule has 0 saturated carbocycles. The number of esters is 1. The van der Waals surface area contributed by atoms with Crippen molar-refractivity contribution in [3.63, 3.8) is 0 Å². The number of hydrogen-bond donors (Lipinski definition) is 0. The molecule has 0 aromatic carbocycles. The third kappa shape index (κ3) is 7.22. The molecule has 0 aromatic heterocycles. The van der Waals surface area contributed by atoms with Crippen molar-refractivity contribution in [1.29, 1.82) is 0 Å². The molecule has 0 fully saturated rings. The Morgan fingerprint density at radius 3 is 1.43 bits per heavy atom. The molecule has 1 unspecified atom stereocenters. The fourth-order valence-corrected chi connectivity index (χ4v) is 4.65. The fraction of sp³-hybridized carbons (Fsp3) is 0.800. The van der Waals surface area contributed by atoms with Crippen molar-refractivity contribution in [1.82, 2.24) is 0 Å². The number of rotatable bonds is 9. The van der Waals surface area contributed by atoms with Gasteiger partial charge in [0.25, 0.3) is 0 Å². The molecule has 0 bridgehead atoms. The molecule has 0 heterocycles. The van der Waals surface area contributed by atoms with E-state index in [1.54, 1.807) is 13.8 Å². The maximum atomic E-state index is 11.8. The van der Waals surface area contributed by atoms with Crippen LogP contribution in [0.25, 0.3) is 0 Å². The predicted octanol–water partition coefficient (Wildman–Crippen LogP) is 3.25. The van der Waals surface area contributed by atoms with Gasteiger partial charge in [0.15, 0.2) is 5.73 Å². The van der Waals surface area contributed by atoms with Crippen LogP contribution in [-0.4, -0.2) is 38.8 Å². The van der Waals surface area contributed by atoms with Crippen molar-refractivity contribution in [2.75, 3.05) is 0 Å². The van der Waals surface area contributed by atoms with E-state index in [2.05, 4.69) is 6.58 Å². The molecule has 1 atom stereocenters. The van der Waals surface area contributed by atoms with Gasteiger partial charge in [-0.25, -0.2) is 4.79 Å². The lowest BCUT2D eigenvalue weighted by atomic mass is 10.4. The van der Waals surface area contributed by atoms with Gasteiger partial charge in [-0.1, -0.05) is 6.58 Å². The molecule has 0 saturated heterocycles. The van der Waals surface area contributed by atoms with Crippen molar-refractivity contribution in [2.45, 2.75) is 79.4 Å². The number of ether oxygens (including phenoxy) is 1. The lowest BCUT2D eigenvalue weighted by Crippen LogP contribution is -2.60. The standard InChI is InChI=1S/C15H30O5Si/c1-10(2)15(16)17-14(9)21(18-11(3)4,19-12(5)6)20-13(7)8/h11-14H,1H2,2-9H3. The Balaban J connectivity index is 5.38. The zero-order valence-electron chi connectivity index (χ0n) is 14.6. The van der Waals surface area contributed by atoms with E-state index >= 15 is 0 Å². The van der Waals surface area contributed by atoms with Crippen molar-refractivity contribution < 1.29 is 22.8 Å². The predicted molar refractivity (Wildman–Crippen MR) is 84.8 cm³/mol. The molecule has 0 aliphatic heterocycles. The minimum atomic E-state index is -3.18. The first-order chi connectivity index (χ1) is 9.50. The molecule has 0 aliphatic carbocycles. The Bertz CT molecular complexity index is 325. The van der Waals surface area contributed by atoms with E-state index in [-0.39, 0.29) is 18.3 Å². The van der Waals surface area contributed by atoms with Gasteiger partial charge in [-0.3, -0.25) is 0 Å². The Labute approximate surface area is 130 Å². The summed E-state index contributed by atoms with van der Waals surface area (Å²) in [7, 11) is -3.18. The summed E-state index contributed by atoms with van der Waals surface area (Å²) in [6.07, 6.45) is -0.291. The highest BCUT2D eigenvalue weighted by molar-refractivity contribution is 6.62. The molecule has 21 heavy (non-hydrogen) atoms. The molecule has 0 rings (SSSR count). The van der Waals surface area contributed by atoms with Crippen LogP contribution in [-0.2, 0) is 22.8 Å². The highest BCUT2D eigenvalue weighted by atomic mass is 28.4. The van der Waals surface area contributed by atoms with Crippen LogP contribution in [0, 0.1) is 0 Å². The van der Waals surface area contributed by atoms with E-state index in [4.69, 9.17) is 18.0 Å². The third-order valence-electron chi connectivity index (χ3n) is 2.33. The van der Waals surface area contributed by atoms with Crippen LogP contribution in [0.15, 0.2) is 12.2 Å². The minimum Gasteiger partial charge on any atom is -0.455 e. The summed E-state index contributed by atoms with van der Waals surface area (Å²) in [5.41, 5.74) is -0.266. The first-order valence-corrected chi connectivity index (χ1v) is 9.20. The maximum Gasteiger partial charge on any atom is 0.544 e. The van der Waals surface area contributed by atoms with Crippen molar-refractivity contribution in [2.24, 2.45) is 0 Å². The van der Waals surface area contributed by atoms with Crippen LogP contribution in [0.2, 0.25) is 0 Å². The van der Waals surface area contributed by atoms with E-state index in [0.29, 0.717) is 5.57 Å². The van der Waals surface area contributed by atoms with E-state index in [1.165, 1.54) is 0 Å². The van der Waals surface area contributed by atoms with Gasteiger partial charge in [-0.2, -0.15) is 0 Å². The zero-order chi connectivity index (χ0) is 16.8. The summed E-state index contributed by atoms with van der Waals surface area (Å²) in [6, 6.07) is 0. The fourth-order valence-electron chi connectivity index (χ4n) is 1.69. The van der Waals surface area contributed by atoms with E-state index in [9.17, 15) is 4.79 Å². The third-order valence-corrected chi connectivity index (χ3v) is 5.84. The molecule has 6 heteroatoms. The van der Waals surface area contributed by atoms with Crippen LogP contribution in [0.4, 0.5) is 0 Å². The molecule has 0 aromatic rings. The van der Waals surface area contributed by atoms with Gasteiger partial charge in [0.1, 0.15) is 0 Å². The molecular weight excluding hydrogens is 288 g/mol. The summed E-state index contributed by atoms with van der Waals surface area (Å²) in [4.78, 5) is 11.8. The average Bonchev–Trinajstić information content (AvgIpc) is 2.25. The molecule has 5 nitrogen and oxygen atoms in total. The summed E-state index contributed by atoms with van der Waals surface area (Å²) in [5, 5.41) is 0. The SMILES string of the molecule is C=C(C)C(=O)OC(C)[Si](OC(C)C)(OC(C)C)OC(C)C. The van der Waals surface area contributed by atoms with Crippen LogP contribution in [0.3, 0.4) is 0 Å². The second-order valence-corrected chi connectivity index (χ2v) is 8.66. The molecule has 0 radical (unpaired) electrons. The van der Waals surface area contributed by atoms with Gasteiger partial charge in [0, 0.05) is 23.9 Å². The smallest absolute Gasteiger partial charge is 0.455 e. The van der Waals surface area contributed by atoms with Gasteiger partial charge in [-0.05, 0) is 55.4 Å². The van der Waals surface area contributed by atoms with Crippen molar-refractivity contribution in [3.8, 4) is 0 Å². The summed E-state index contributed by atoms with van der Waals surface area (Å²) < 4.78 is 23.4. The molecule has 0 spiro atoms. The van der Waals surface area contributed by atoms with E-state index in [0.717, 1.165) is 0 Å². The second kappa shape index (κ2) is 8.68. The lowest BCUT2D eigenvalue weighted by Gasteiger charge is -2.37. The summed E-state index contributed by atoms with van der Waals surface area (Å²) >= 11 is 0. The van der Waals surface area contributed by atoms with Crippen LogP contribution in [0.1, 0.15) is 55.4 Å². The molecule has 0 aliphatic rings. The van der Waals surface area contributed by atoms with Crippen LogP contribution < -0.4 is 0 Å². The minimum absolute atomic E-state index is 0.0971. The van der Waals surface area contributed by atoms with E-state index in [1.807, 2.05) is 41.5 Å². The maximum absolute atomic E-state index is 11.8. The van der Waals surface area contributed by atoms with Gasteiger partial charge >= 0.3 is 14.8 Å². The molecule has 124 valence electrons. The molecular formula is C15H30O5Si. The highest BCUT2D eigenvalue weighted by Crippen LogP contribution is 2.24. The van der Waals surface area contributed by atoms with Crippen LogP contribution >= 0.6 is 0 Å². The number of carbonyl (C=O) groups is 1. The van der Waals surface area contributed by atoms with Crippen molar-refractivity contribution in [3.05, 3.63) is 12.2 Å². The van der Waals surface area contributed by atoms with E-state index < -0.39 is 20.5 Å². The Morgan fingerprint density at radius 1 is 0.857 bits per heavy atom. The normalized spacial score (nSPS) is 13.9. The van der Waals surface area contributed by atoms with Gasteiger partial charge < -0.3 is 18.0 Å². The largest absolute Gasteiger partial charge is 0.544 e. The van der Waals surface area contributed by atoms with Gasteiger partial charge in [0.05, 0.1) is 0 Å². The first kappa shape index (κ1) is 20.3. The van der Waals surface area contributed by atoms with Crippen molar-refractivity contribution >= 4 is 14.8 Å². The zero-order valence-corrected chi connectivity index (χ0v) is 15.6. The number of hydrogen-bond acceptors (Lipinski definition) is 5. The summed E-state index contributed by atoms with van der Waals surface area (Å²) in [6.45, 7) is 18.4. The molecule has 0 N–H and O–H groups in total. The van der Waals surface area contributed by atoms with Gasteiger partial charge in [0.2, 0.25) is 0 Å². The quantitative estimate of drug-likeness (QED) is 0.371. The Morgan fingerprint density at radius 2 is 1.19 bits per heavy atom. The highest BCUT2D eigenvalue weighted by Gasteiger charge is 2.52. The topological polar surface area (TPSA) is 54.0 Å². The molecule has 0 amide bonds.